The topological polar surface area (TPSA) is 88.2 Å². The maximum atomic E-state index is 11.5. The van der Waals surface area contributed by atoms with Crippen molar-refractivity contribution >= 4 is 5.91 Å². The van der Waals surface area contributed by atoms with Crippen LogP contribution >= 0.6 is 0 Å². The summed E-state index contributed by atoms with van der Waals surface area (Å²) >= 11 is 0. The Morgan fingerprint density at radius 1 is 1.73 bits per heavy atom. The summed E-state index contributed by atoms with van der Waals surface area (Å²) in [6.45, 7) is 2.37. The van der Waals surface area contributed by atoms with E-state index in [4.69, 9.17) is 5.73 Å². The summed E-state index contributed by atoms with van der Waals surface area (Å²) in [7, 11) is 0. The van der Waals surface area contributed by atoms with Crippen LogP contribution < -0.4 is 11.1 Å². The quantitative estimate of drug-likeness (QED) is 0.663. The lowest BCUT2D eigenvalue weighted by atomic mass is 10.2. The van der Waals surface area contributed by atoms with E-state index in [1.54, 1.807) is 0 Å². The van der Waals surface area contributed by atoms with E-state index in [1.165, 1.54) is 18.5 Å². The zero-order chi connectivity index (χ0) is 11.3. The third kappa shape index (κ3) is 3.55. The lowest BCUT2D eigenvalue weighted by Gasteiger charge is -2.07. The van der Waals surface area contributed by atoms with Crippen LogP contribution in [0.2, 0.25) is 0 Å². The minimum Gasteiger partial charge on any atom is -0.505 e. The molecule has 5 nitrogen and oxygen atoms in total. The molecule has 0 aliphatic heterocycles. The molecule has 82 valence electrons. The van der Waals surface area contributed by atoms with Gasteiger partial charge in [0.05, 0.1) is 11.8 Å². The fourth-order valence-electron chi connectivity index (χ4n) is 1.09. The number of carbonyl (C=O) groups is 1. The molecule has 1 unspecified atom stereocenters. The Labute approximate surface area is 88.3 Å². The average Bonchev–Trinajstić information content (AvgIpc) is 2.17. The van der Waals surface area contributed by atoms with Gasteiger partial charge < -0.3 is 16.2 Å². The van der Waals surface area contributed by atoms with Gasteiger partial charge in [0.2, 0.25) is 0 Å². The van der Waals surface area contributed by atoms with Crippen LogP contribution in [0.1, 0.15) is 23.7 Å². The van der Waals surface area contributed by atoms with E-state index < -0.39 is 0 Å². The van der Waals surface area contributed by atoms with Crippen molar-refractivity contribution < 1.29 is 9.90 Å². The monoisotopic (exact) mass is 209 g/mol. The highest BCUT2D eigenvalue weighted by Gasteiger charge is 2.09. The van der Waals surface area contributed by atoms with E-state index in [0.29, 0.717) is 13.0 Å². The molecule has 0 saturated heterocycles. The Bertz CT molecular complexity index is 339. The van der Waals surface area contributed by atoms with Gasteiger partial charge in [-0.25, -0.2) is 0 Å². The second-order valence-electron chi connectivity index (χ2n) is 3.41. The number of aromatic nitrogens is 1. The summed E-state index contributed by atoms with van der Waals surface area (Å²) < 4.78 is 0. The van der Waals surface area contributed by atoms with Gasteiger partial charge in [0.1, 0.15) is 5.75 Å². The van der Waals surface area contributed by atoms with Crippen LogP contribution in [0.5, 0.6) is 5.75 Å². The third-order valence-electron chi connectivity index (χ3n) is 1.93. The fourth-order valence-corrected chi connectivity index (χ4v) is 1.09. The van der Waals surface area contributed by atoms with Gasteiger partial charge in [-0.3, -0.25) is 9.78 Å². The molecule has 1 atom stereocenters. The fraction of sp³-hybridized carbons (Fsp3) is 0.400. The normalized spacial score (nSPS) is 12.1. The largest absolute Gasteiger partial charge is 0.505 e. The van der Waals surface area contributed by atoms with Crippen molar-refractivity contribution in [2.45, 2.75) is 19.4 Å². The molecule has 0 bridgehead atoms. The molecule has 4 N–H and O–H groups in total. The third-order valence-corrected chi connectivity index (χ3v) is 1.93. The number of nitrogens with zero attached hydrogens (tertiary/aromatic N) is 1. The Morgan fingerprint density at radius 2 is 2.47 bits per heavy atom. The van der Waals surface area contributed by atoms with Gasteiger partial charge in [0, 0.05) is 18.8 Å². The van der Waals surface area contributed by atoms with Crippen LogP contribution in [0.15, 0.2) is 18.5 Å². The molecule has 1 aromatic rings. The molecule has 5 heteroatoms. The van der Waals surface area contributed by atoms with Crippen LogP contribution in [0.3, 0.4) is 0 Å². The predicted molar refractivity (Wildman–Crippen MR) is 56.5 cm³/mol. The van der Waals surface area contributed by atoms with E-state index in [9.17, 15) is 9.90 Å². The molecule has 0 spiro atoms. The zero-order valence-corrected chi connectivity index (χ0v) is 8.60. The smallest absolute Gasteiger partial charge is 0.255 e. The van der Waals surface area contributed by atoms with E-state index in [1.807, 2.05) is 6.92 Å². The SMILES string of the molecule is CC(N)CCNC(=O)c1ccncc1O. The van der Waals surface area contributed by atoms with E-state index >= 15 is 0 Å². The molecule has 1 aromatic heterocycles. The van der Waals surface area contributed by atoms with Crippen molar-refractivity contribution in [1.82, 2.24) is 10.3 Å². The Kier molecular flexibility index (Phi) is 4.05. The van der Waals surface area contributed by atoms with Crippen LogP contribution in [0.4, 0.5) is 0 Å². The molecule has 0 aliphatic carbocycles. The van der Waals surface area contributed by atoms with Crippen LogP contribution in [0.25, 0.3) is 0 Å². The summed E-state index contributed by atoms with van der Waals surface area (Å²) in [6.07, 6.45) is 3.40. The minimum atomic E-state index is -0.310. The summed E-state index contributed by atoms with van der Waals surface area (Å²) in [5.41, 5.74) is 5.77. The number of nitrogens with two attached hydrogens (primary N) is 1. The van der Waals surface area contributed by atoms with Crippen molar-refractivity contribution in [3.8, 4) is 5.75 Å². The highest BCUT2D eigenvalue weighted by molar-refractivity contribution is 5.96. The number of aromatic hydroxyl groups is 1. The molecule has 0 aromatic carbocycles. The maximum absolute atomic E-state index is 11.5. The van der Waals surface area contributed by atoms with Crippen molar-refractivity contribution in [3.63, 3.8) is 0 Å². The molecule has 1 amide bonds. The number of nitrogens with one attached hydrogen (secondary N) is 1. The lowest BCUT2D eigenvalue weighted by molar-refractivity contribution is 0.0950. The van der Waals surface area contributed by atoms with E-state index in [2.05, 4.69) is 10.3 Å². The molecule has 0 fully saturated rings. The van der Waals surface area contributed by atoms with Gasteiger partial charge in [-0.15, -0.1) is 0 Å². The first kappa shape index (κ1) is 11.5. The summed E-state index contributed by atoms with van der Waals surface area (Å²) in [5, 5.41) is 12.0. The van der Waals surface area contributed by atoms with Crippen LogP contribution in [-0.2, 0) is 0 Å². The first-order chi connectivity index (χ1) is 7.11. The maximum Gasteiger partial charge on any atom is 0.255 e. The van der Waals surface area contributed by atoms with Crippen molar-refractivity contribution in [3.05, 3.63) is 24.0 Å². The van der Waals surface area contributed by atoms with E-state index in [-0.39, 0.29) is 23.3 Å². The number of carbonyl (C=O) groups excluding carboxylic acids is 1. The molecule has 1 heterocycles. The highest BCUT2D eigenvalue weighted by Crippen LogP contribution is 2.13. The van der Waals surface area contributed by atoms with Gasteiger partial charge in [-0.1, -0.05) is 0 Å². The highest BCUT2D eigenvalue weighted by atomic mass is 16.3. The molecule has 15 heavy (non-hydrogen) atoms. The zero-order valence-electron chi connectivity index (χ0n) is 8.60. The van der Waals surface area contributed by atoms with Gasteiger partial charge in [0.15, 0.2) is 0 Å². The number of hydrogen-bond donors (Lipinski definition) is 3. The Morgan fingerprint density at radius 3 is 3.07 bits per heavy atom. The van der Waals surface area contributed by atoms with Crippen molar-refractivity contribution in [1.29, 1.82) is 0 Å². The second-order valence-corrected chi connectivity index (χ2v) is 3.41. The van der Waals surface area contributed by atoms with Crippen molar-refractivity contribution in [2.24, 2.45) is 5.73 Å². The number of pyridine rings is 1. The molecule has 0 aliphatic rings. The molecule has 1 rings (SSSR count). The summed E-state index contributed by atoms with van der Waals surface area (Å²) in [6, 6.07) is 1.52. The number of hydrogen-bond acceptors (Lipinski definition) is 4. The van der Waals surface area contributed by atoms with Gasteiger partial charge in [0.25, 0.3) is 5.91 Å². The summed E-state index contributed by atoms with van der Waals surface area (Å²) in [4.78, 5) is 15.2. The average molecular weight is 209 g/mol. The second kappa shape index (κ2) is 5.31. The van der Waals surface area contributed by atoms with Gasteiger partial charge in [-0.05, 0) is 19.4 Å². The van der Waals surface area contributed by atoms with Gasteiger partial charge >= 0.3 is 0 Å². The van der Waals surface area contributed by atoms with E-state index in [0.717, 1.165) is 0 Å². The molecular formula is C10H15N3O2. The number of rotatable bonds is 4. The summed E-state index contributed by atoms with van der Waals surface area (Å²) in [5.74, 6) is -0.425. The Hall–Kier alpha value is -1.62. The van der Waals surface area contributed by atoms with Crippen LogP contribution in [0, 0.1) is 0 Å². The first-order valence-electron chi connectivity index (χ1n) is 4.78. The molecular weight excluding hydrogens is 194 g/mol. The minimum absolute atomic E-state index is 0.0522. The first-order valence-corrected chi connectivity index (χ1v) is 4.78. The van der Waals surface area contributed by atoms with Crippen molar-refractivity contribution in [2.75, 3.05) is 6.54 Å². The Balaban J connectivity index is 2.51. The predicted octanol–water partition coefficient (Wildman–Crippen LogP) is 0.254. The standard InChI is InChI=1S/C10H15N3O2/c1-7(11)2-5-13-10(15)8-3-4-12-6-9(8)14/h3-4,6-7,14H,2,5,11H2,1H3,(H,13,15). The number of amides is 1. The van der Waals surface area contributed by atoms with Crippen LogP contribution in [-0.4, -0.2) is 28.6 Å². The molecule has 0 radical (unpaired) electrons. The van der Waals surface area contributed by atoms with Gasteiger partial charge in [-0.2, -0.15) is 0 Å². The molecule has 0 saturated carbocycles. The lowest BCUT2D eigenvalue weighted by Crippen LogP contribution is -2.28.